The fourth-order valence-electron chi connectivity index (χ4n) is 4.46. The van der Waals surface area contributed by atoms with Crippen molar-refractivity contribution in [1.29, 1.82) is 0 Å². The van der Waals surface area contributed by atoms with Crippen LogP contribution < -0.4 is 9.47 Å². The minimum Gasteiger partial charge on any atom is -0.494 e. The van der Waals surface area contributed by atoms with Gasteiger partial charge in [-0.15, -0.1) is 0 Å². The molecule has 1 aliphatic rings. The number of esters is 2. The van der Waals surface area contributed by atoms with Crippen LogP contribution in [-0.4, -0.2) is 30.8 Å². The van der Waals surface area contributed by atoms with Crippen LogP contribution in [0.5, 0.6) is 11.5 Å². The predicted molar refractivity (Wildman–Crippen MR) is 138 cm³/mol. The van der Waals surface area contributed by atoms with Crippen LogP contribution in [0.3, 0.4) is 0 Å². The van der Waals surface area contributed by atoms with Gasteiger partial charge in [0, 0.05) is 0 Å². The number of halogens is 1. The van der Waals surface area contributed by atoms with Gasteiger partial charge in [-0.25, -0.2) is 14.0 Å². The number of alkyl halides is 1. The van der Waals surface area contributed by atoms with Gasteiger partial charge in [-0.3, -0.25) is 0 Å². The van der Waals surface area contributed by atoms with Crippen LogP contribution >= 0.6 is 0 Å². The van der Waals surface area contributed by atoms with Gasteiger partial charge in [-0.1, -0.05) is 51.7 Å². The van der Waals surface area contributed by atoms with Crippen molar-refractivity contribution in [1.82, 2.24) is 0 Å². The van der Waals surface area contributed by atoms with E-state index in [1.54, 1.807) is 24.3 Å². The minimum atomic E-state index is -1.51. The number of carbonyl (C=O) groups is 2. The van der Waals surface area contributed by atoms with Crippen molar-refractivity contribution >= 4 is 11.9 Å². The molecule has 1 aliphatic carbocycles. The zero-order chi connectivity index (χ0) is 25.8. The first-order valence-electron chi connectivity index (χ1n) is 13.4. The van der Waals surface area contributed by atoms with E-state index in [-0.39, 0.29) is 12.5 Å². The monoisotopic (exact) mass is 498 g/mol. The summed E-state index contributed by atoms with van der Waals surface area (Å²) in [5, 5.41) is 0. The van der Waals surface area contributed by atoms with Gasteiger partial charge >= 0.3 is 11.9 Å². The third-order valence-electron chi connectivity index (χ3n) is 6.69. The summed E-state index contributed by atoms with van der Waals surface area (Å²) in [7, 11) is 0. The maximum atomic E-state index is 13.9. The Hall–Kier alpha value is -2.89. The number of unbranched alkanes of at least 4 members (excludes halogenated alkanes) is 3. The number of rotatable bonds is 13. The number of hydrogen-bond donors (Lipinski definition) is 0. The van der Waals surface area contributed by atoms with Crippen molar-refractivity contribution in [2.45, 2.75) is 96.2 Å². The molecule has 0 saturated heterocycles. The van der Waals surface area contributed by atoms with Gasteiger partial charge in [0.25, 0.3) is 0 Å². The molecule has 0 aliphatic heterocycles. The molecule has 0 radical (unpaired) electrons. The first-order chi connectivity index (χ1) is 17.5. The molecule has 3 rings (SSSR count). The Labute approximate surface area is 214 Å². The first kappa shape index (κ1) is 27.7. The second kappa shape index (κ2) is 14.6. The molecule has 0 amide bonds. The molecule has 2 aromatic carbocycles. The Kier molecular flexibility index (Phi) is 11.2. The van der Waals surface area contributed by atoms with Gasteiger partial charge in [0.05, 0.1) is 12.2 Å². The van der Waals surface area contributed by atoms with Crippen LogP contribution in [-0.2, 0) is 9.53 Å². The predicted octanol–water partition coefficient (Wildman–Crippen LogP) is 7.57. The van der Waals surface area contributed by atoms with Crippen LogP contribution in [0.2, 0.25) is 0 Å². The molecule has 0 aromatic heterocycles. The number of benzene rings is 2. The highest BCUT2D eigenvalue weighted by atomic mass is 19.1. The molecular weight excluding hydrogens is 459 g/mol. The summed E-state index contributed by atoms with van der Waals surface area (Å²) in [6.07, 6.45) is 6.57. The van der Waals surface area contributed by atoms with Gasteiger partial charge in [0.2, 0.25) is 0 Å². The molecule has 36 heavy (non-hydrogen) atoms. The maximum Gasteiger partial charge on any atom is 0.343 e. The molecule has 0 spiro atoms. The summed E-state index contributed by atoms with van der Waals surface area (Å²) in [6, 6.07) is 14.6. The van der Waals surface area contributed by atoms with Crippen molar-refractivity contribution < 1.29 is 28.2 Å². The third-order valence-corrected chi connectivity index (χ3v) is 6.69. The Bertz CT molecular complexity index is 933. The molecule has 0 bridgehead atoms. The Balaban J connectivity index is 1.43. The van der Waals surface area contributed by atoms with E-state index in [9.17, 15) is 14.0 Å². The van der Waals surface area contributed by atoms with Gasteiger partial charge in [-0.05, 0) is 86.4 Å². The van der Waals surface area contributed by atoms with E-state index < -0.39 is 18.1 Å². The summed E-state index contributed by atoms with van der Waals surface area (Å²) in [4.78, 5) is 24.4. The molecule has 0 heterocycles. The van der Waals surface area contributed by atoms with E-state index in [1.807, 2.05) is 31.2 Å². The van der Waals surface area contributed by atoms with Gasteiger partial charge in [0.15, 0.2) is 6.17 Å². The maximum absolute atomic E-state index is 13.9. The zero-order valence-corrected chi connectivity index (χ0v) is 21.5. The van der Waals surface area contributed by atoms with Crippen molar-refractivity contribution in [2.75, 3.05) is 6.61 Å². The molecule has 5 nitrogen and oxygen atoms in total. The zero-order valence-electron chi connectivity index (χ0n) is 21.5. The lowest BCUT2D eigenvalue weighted by Gasteiger charge is -2.29. The lowest BCUT2D eigenvalue weighted by atomic mass is 9.83. The average Bonchev–Trinajstić information content (AvgIpc) is 2.91. The molecule has 1 saturated carbocycles. The summed E-state index contributed by atoms with van der Waals surface area (Å²) < 4.78 is 30.5. The standard InChI is InChI=1S/C30H39FO5/c1-3-5-7-21-34-25-15-13-24(14-16-25)29(32)35-26-17-9-22(10-18-26)23-11-19-27(20-12-23)36-30(33)28(31)8-6-4-2/h9-10,13-18,23,27-28H,3-8,11-12,19-21H2,1-2H3/t23?,27?,28-/m0/s1. The van der Waals surface area contributed by atoms with Crippen LogP contribution in [0.15, 0.2) is 48.5 Å². The fraction of sp³-hybridized carbons (Fsp3) is 0.533. The van der Waals surface area contributed by atoms with Crippen LogP contribution in [0.4, 0.5) is 4.39 Å². The fourth-order valence-corrected chi connectivity index (χ4v) is 4.46. The summed E-state index contributed by atoms with van der Waals surface area (Å²) in [6.45, 7) is 4.80. The SMILES string of the molecule is CCCCCOc1ccc(C(=O)Oc2ccc(C3CCC(OC(=O)[C@@H](F)CCCC)CC3)cc2)cc1. The largest absolute Gasteiger partial charge is 0.494 e. The highest BCUT2D eigenvalue weighted by Gasteiger charge is 2.27. The second-order valence-electron chi connectivity index (χ2n) is 9.56. The van der Waals surface area contributed by atoms with E-state index in [1.165, 1.54) is 0 Å². The van der Waals surface area contributed by atoms with E-state index in [0.717, 1.165) is 62.7 Å². The molecule has 1 fully saturated rings. The van der Waals surface area contributed by atoms with Crippen molar-refractivity contribution in [2.24, 2.45) is 0 Å². The minimum absolute atomic E-state index is 0.206. The topological polar surface area (TPSA) is 61.8 Å². The van der Waals surface area contributed by atoms with Crippen LogP contribution in [0, 0.1) is 0 Å². The highest BCUT2D eigenvalue weighted by Crippen LogP contribution is 2.35. The average molecular weight is 499 g/mol. The van der Waals surface area contributed by atoms with Gasteiger partial charge in [-0.2, -0.15) is 0 Å². The molecule has 0 N–H and O–H groups in total. The molecular formula is C30H39FO5. The van der Waals surface area contributed by atoms with E-state index in [0.29, 0.717) is 30.3 Å². The third kappa shape index (κ3) is 8.65. The Morgan fingerprint density at radius 3 is 2.14 bits per heavy atom. The van der Waals surface area contributed by atoms with E-state index >= 15 is 0 Å². The lowest BCUT2D eigenvalue weighted by molar-refractivity contribution is -0.157. The van der Waals surface area contributed by atoms with Crippen LogP contribution in [0.1, 0.15) is 99.9 Å². The molecule has 196 valence electrons. The van der Waals surface area contributed by atoms with Crippen molar-refractivity contribution in [3.8, 4) is 11.5 Å². The van der Waals surface area contributed by atoms with Gasteiger partial charge < -0.3 is 14.2 Å². The molecule has 0 unspecified atom stereocenters. The number of carbonyl (C=O) groups excluding carboxylic acids is 2. The normalized spacial score (nSPS) is 18.3. The lowest BCUT2D eigenvalue weighted by Crippen LogP contribution is -2.28. The highest BCUT2D eigenvalue weighted by molar-refractivity contribution is 5.91. The quantitative estimate of drug-likeness (QED) is 0.162. The first-order valence-corrected chi connectivity index (χ1v) is 13.4. The second-order valence-corrected chi connectivity index (χ2v) is 9.56. The molecule has 2 aromatic rings. The Morgan fingerprint density at radius 1 is 0.861 bits per heavy atom. The summed E-state index contributed by atoms with van der Waals surface area (Å²) in [5.41, 5.74) is 1.63. The van der Waals surface area contributed by atoms with Crippen molar-refractivity contribution in [3.63, 3.8) is 0 Å². The smallest absolute Gasteiger partial charge is 0.343 e. The Morgan fingerprint density at radius 2 is 1.50 bits per heavy atom. The summed E-state index contributed by atoms with van der Waals surface area (Å²) in [5.74, 6) is 0.459. The number of ether oxygens (including phenoxy) is 3. The molecule has 6 heteroatoms. The van der Waals surface area contributed by atoms with Gasteiger partial charge in [0.1, 0.15) is 17.6 Å². The van der Waals surface area contributed by atoms with E-state index in [4.69, 9.17) is 14.2 Å². The van der Waals surface area contributed by atoms with Crippen molar-refractivity contribution in [3.05, 3.63) is 59.7 Å². The van der Waals surface area contributed by atoms with Crippen LogP contribution in [0.25, 0.3) is 0 Å². The number of hydrogen-bond acceptors (Lipinski definition) is 5. The molecule has 1 atom stereocenters. The van der Waals surface area contributed by atoms with E-state index in [2.05, 4.69) is 6.92 Å². The summed E-state index contributed by atoms with van der Waals surface area (Å²) >= 11 is 0.